The molecule has 1 aromatic carbocycles. The van der Waals surface area contributed by atoms with Gasteiger partial charge in [0.25, 0.3) is 0 Å². The highest BCUT2D eigenvalue weighted by Gasteiger charge is 2.12. The summed E-state index contributed by atoms with van der Waals surface area (Å²) in [6, 6.07) is 2.71. The minimum Gasteiger partial charge on any atom is -0.305 e. The van der Waals surface area contributed by atoms with E-state index < -0.39 is 5.82 Å². The number of halogens is 2. The highest BCUT2D eigenvalue weighted by atomic mass is 35.5. The van der Waals surface area contributed by atoms with Gasteiger partial charge in [-0.2, -0.15) is 0 Å². The lowest BCUT2D eigenvalue weighted by Crippen LogP contribution is -1.99. The molecule has 0 N–H and O–H groups in total. The Morgan fingerprint density at radius 3 is 2.81 bits per heavy atom. The second-order valence-corrected chi connectivity index (χ2v) is 3.71. The number of aldehydes is 1. The summed E-state index contributed by atoms with van der Waals surface area (Å²) in [5.41, 5.74) is 1.44. The Morgan fingerprint density at radius 2 is 2.25 bits per heavy atom. The molecule has 0 aliphatic carbocycles. The van der Waals surface area contributed by atoms with Crippen LogP contribution in [0.4, 0.5) is 4.39 Å². The van der Waals surface area contributed by atoms with Crippen LogP contribution in [0.1, 0.15) is 16.1 Å². The third-order valence-electron chi connectivity index (χ3n) is 2.22. The highest BCUT2D eigenvalue weighted by molar-refractivity contribution is 6.33. The van der Waals surface area contributed by atoms with Gasteiger partial charge in [-0.15, -0.1) is 0 Å². The quantitative estimate of drug-likeness (QED) is 0.754. The van der Waals surface area contributed by atoms with Crippen molar-refractivity contribution in [1.29, 1.82) is 0 Å². The lowest BCUT2D eigenvalue weighted by atomic mass is 10.2. The van der Waals surface area contributed by atoms with Gasteiger partial charge in [-0.1, -0.05) is 11.6 Å². The third kappa shape index (κ3) is 1.72. The molecular weight excluding hydrogens is 231 g/mol. The number of nitrogens with zero attached hydrogens (tertiary/aromatic N) is 2. The van der Waals surface area contributed by atoms with Crippen LogP contribution in [0.25, 0.3) is 5.69 Å². The number of carbonyl (C=O) groups excluding carboxylic acids is 1. The van der Waals surface area contributed by atoms with Crippen molar-refractivity contribution >= 4 is 17.9 Å². The van der Waals surface area contributed by atoms with E-state index in [2.05, 4.69) is 4.98 Å². The van der Waals surface area contributed by atoms with E-state index in [1.165, 1.54) is 12.1 Å². The molecule has 2 rings (SSSR count). The molecular formula is C11H8ClFN2O. The van der Waals surface area contributed by atoms with E-state index >= 15 is 0 Å². The predicted octanol–water partition coefficient (Wildman–Crippen LogP) is 2.79. The summed E-state index contributed by atoms with van der Waals surface area (Å²) >= 11 is 5.72. The Labute approximate surface area is 96.5 Å². The first-order valence-corrected chi connectivity index (χ1v) is 4.95. The predicted molar refractivity (Wildman–Crippen MR) is 58.7 cm³/mol. The zero-order chi connectivity index (χ0) is 11.7. The van der Waals surface area contributed by atoms with Crippen LogP contribution in [-0.2, 0) is 0 Å². The van der Waals surface area contributed by atoms with Gasteiger partial charge in [0.2, 0.25) is 0 Å². The van der Waals surface area contributed by atoms with Crippen molar-refractivity contribution in [3.05, 3.63) is 46.8 Å². The minimum absolute atomic E-state index is 0.124. The van der Waals surface area contributed by atoms with Gasteiger partial charge in [-0.25, -0.2) is 9.37 Å². The number of benzene rings is 1. The van der Waals surface area contributed by atoms with Gasteiger partial charge in [0, 0.05) is 6.20 Å². The van der Waals surface area contributed by atoms with Crippen molar-refractivity contribution in [2.75, 3.05) is 0 Å². The molecule has 0 saturated carbocycles. The zero-order valence-electron chi connectivity index (χ0n) is 8.45. The molecule has 2 aromatic rings. The first-order valence-electron chi connectivity index (χ1n) is 4.57. The fourth-order valence-electron chi connectivity index (χ4n) is 1.45. The first-order chi connectivity index (χ1) is 7.63. The number of hydrogen-bond donors (Lipinski definition) is 0. The van der Waals surface area contributed by atoms with E-state index in [-0.39, 0.29) is 10.6 Å². The van der Waals surface area contributed by atoms with Crippen molar-refractivity contribution in [2.24, 2.45) is 0 Å². The van der Waals surface area contributed by atoms with Gasteiger partial charge in [-0.05, 0) is 19.1 Å². The molecule has 0 aliphatic heterocycles. The maximum atomic E-state index is 13.2. The van der Waals surface area contributed by atoms with Gasteiger partial charge >= 0.3 is 0 Å². The molecule has 1 aromatic heterocycles. The molecule has 5 heteroatoms. The molecule has 1 heterocycles. The molecule has 16 heavy (non-hydrogen) atoms. The van der Waals surface area contributed by atoms with Crippen LogP contribution < -0.4 is 0 Å². The summed E-state index contributed by atoms with van der Waals surface area (Å²) in [4.78, 5) is 14.9. The fourth-order valence-corrected chi connectivity index (χ4v) is 1.65. The van der Waals surface area contributed by atoms with E-state index in [1.54, 1.807) is 17.1 Å². The Kier molecular flexibility index (Phi) is 2.75. The Bertz CT molecular complexity index is 551. The molecule has 82 valence electrons. The van der Waals surface area contributed by atoms with E-state index in [1.807, 2.05) is 6.92 Å². The van der Waals surface area contributed by atoms with Crippen LogP contribution in [0.15, 0.2) is 24.7 Å². The molecule has 0 amide bonds. The second kappa shape index (κ2) is 4.06. The topological polar surface area (TPSA) is 34.9 Å². The van der Waals surface area contributed by atoms with E-state index in [9.17, 15) is 9.18 Å². The summed E-state index contributed by atoms with van der Waals surface area (Å²) in [7, 11) is 0. The number of aryl methyl sites for hydroxylation is 1. The van der Waals surface area contributed by atoms with E-state index in [0.717, 1.165) is 5.69 Å². The van der Waals surface area contributed by atoms with E-state index in [0.29, 0.717) is 12.0 Å². The van der Waals surface area contributed by atoms with Crippen LogP contribution in [-0.4, -0.2) is 15.8 Å². The second-order valence-electron chi connectivity index (χ2n) is 3.33. The normalized spacial score (nSPS) is 10.4. The SMILES string of the molecule is Cc1cn(-c2ccc(F)c(Cl)c2C=O)cn1. The molecule has 0 saturated heterocycles. The monoisotopic (exact) mass is 238 g/mol. The molecule has 0 unspecified atom stereocenters. The number of hydrogen-bond acceptors (Lipinski definition) is 2. The summed E-state index contributed by atoms with van der Waals surface area (Å²) in [5, 5.41) is -0.168. The largest absolute Gasteiger partial charge is 0.305 e. The van der Waals surface area contributed by atoms with Crippen LogP contribution in [0.2, 0.25) is 5.02 Å². The lowest BCUT2D eigenvalue weighted by Gasteiger charge is -2.07. The van der Waals surface area contributed by atoms with Crippen molar-refractivity contribution in [1.82, 2.24) is 9.55 Å². The summed E-state index contributed by atoms with van der Waals surface area (Å²) in [5.74, 6) is -0.607. The molecule has 0 atom stereocenters. The minimum atomic E-state index is -0.607. The van der Waals surface area contributed by atoms with Crippen molar-refractivity contribution in [3.8, 4) is 5.69 Å². The maximum Gasteiger partial charge on any atom is 0.153 e. The van der Waals surface area contributed by atoms with Gasteiger partial charge in [0.15, 0.2) is 6.29 Å². The van der Waals surface area contributed by atoms with Crippen molar-refractivity contribution < 1.29 is 9.18 Å². The van der Waals surface area contributed by atoms with Crippen LogP contribution in [0, 0.1) is 12.7 Å². The average Bonchev–Trinajstić information content (AvgIpc) is 2.68. The first kappa shape index (κ1) is 10.8. The molecule has 0 bridgehead atoms. The average molecular weight is 239 g/mol. The highest BCUT2D eigenvalue weighted by Crippen LogP contribution is 2.24. The van der Waals surface area contributed by atoms with Gasteiger partial charge in [0.05, 0.1) is 28.3 Å². The Balaban J connectivity index is 2.65. The lowest BCUT2D eigenvalue weighted by molar-refractivity contribution is 0.112. The van der Waals surface area contributed by atoms with Crippen molar-refractivity contribution in [2.45, 2.75) is 6.92 Å². The summed E-state index contributed by atoms with van der Waals surface area (Å²) < 4.78 is 14.8. The maximum absolute atomic E-state index is 13.2. The number of imidazole rings is 1. The summed E-state index contributed by atoms with van der Waals surface area (Å²) in [6.07, 6.45) is 3.82. The van der Waals surface area contributed by atoms with Crippen molar-refractivity contribution in [3.63, 3.8) is 0 Å². The fraction of sp³-hybridized carbons (Fsp3) is 0.0909. The third-order valence-corrected chi connectivity index (χ3v) is 2.60. The molecule has 0 fully saturated rings. The van der Waals surface area contributed by atoms with Gasteiger partial charge in [0.1, 0.15) is 5.82 Å². The van der Waals surface area contributed by atoms with Crippen LogP contribution in [0.3, 0.4) is 0 Å². The van der Waals surface area contributed by atoms with Crippen LogP contribution >= 0.6 is 11.6 Å². The van der Waals surface area contributed by atoms with E-state index in [4.69, 9.17) is 11.6 Å². The standard InChI is InChI=1S/C11H8ClFN2O/c1-7-4-15(6-14-7)10-3-2-9(13)11(12)8(10)5-16/h2-6H,1H3. The number of carbonyl (C=O) groups is 1. The number of aromatic nitrogens is 2. The molecule has 0 spiro atoms. The molecule has 3 nitrogen and oxygen atoms in total. The molecule has 0 aliphatic rings. The number of rotatable bonds is 2. The van der Waals surface area contributed by atoms with Crippen LogP contribution in [0.5, 0.6) is 0 Å². The molecule has 0 radical (unpaired) electrons. The smallest absolute Gasteiger partial charge is 0.153 e. The van der Waals surface area contributed by atoms with Gasteiger partial charge < -0.3 is 4.57 Å². The summed E-state index contributed by atoms with van der Waals surface area (Å²) in [6.45, 7) is 1.82. The van der Waals surface area contributed by atoms with Gasteiger partial charge in [-0.3, -0.25) is 4.79 Å². The zero-order valence-corrected chi connectivity index (χ0v) is 9.20. The Hall–Kier alpha value is -1.68. The Morgan fingerprint density at radius 1 is 1.50 bits per heavy atom.